The molecule has 3 aliphatic rings. The van der Waals surface area contributed by atoms with Gasteiger partial charge in [-0.15, -0.1) is 0 Å². The number of pyridine rings is 1. The number of hydrogen-bond donors (Lipinski definition) is 1. The van der Waals surface area contributed by atoms with E-state index in [1.54, 1.807) is 11.8 Å². The highest BCUT2D eigenvalue weighted by atomic mass is 32.2. The number of amides is 1. The molecule has 1 spiro atoms. The van der Waals surface area contributed by atoms with Crippen molar-refractivity contribution in [3.63, 3.8) is 0 Å². The van der Waals surface area contributed by atoms with E-state index in [0.717, 1.165) is 55.3 Å². The molecule has 5 heterocycles. The first kappa shape index (κ1) is 25.4. The molecule has 2 saturated heterocycles. The first-order chi connectivity index (χ1) is 18.2. The number of ether oxygens (including phenoxy) is 2. The molecule has 1 amide bonds. The Morgan fingerprint density at radius 2 is 1.97 bits per heavy atom. The van der Waals surface area contributed by atoms with E-state index in [1.807, 2.05) is 52.5 Å². The summed E-state index contributed by atoms with van der Waals surface area (Å²) in [6.45, 7) is 9.98. The van der Waals surface area contributed by atoms with Gasteiger partial charge in [-0.2, -0.15) is 0 Å². The Labute approximate surface area is 227 Å². The van der Waals surface area contributed by atoms with Crippen molar-refractivity contribution in [3.8, 4) is 0 Å². The second-order valence-electron chi connectivity index (χ2n) is 11.7. The molecule has 0 bridgehead atoms. The van der Waals surface area contributed by atoms with Gasteiger partial charge < -0.3 is 19.7 Å². The van der Waals surface area contributed by atoms with Crippen molar-refractivity contribution in [3.05, 3.63) is 42.1 Å². The number of aryl methyl sites for hydroxylation is 1. The van der Waals surface area contributed by atoms with Crippen LogP contribution in [0.2, 0.25) is 0 Å². The van der Waals surface area contributed by atoms with Gasteiger partial charge in [0.05, 0.1) is 23.6 Å². The number of piperidine rings is 1. The lowest BCUT2D eigenvalue weighted by atomic mass is 9.73. The molecule has 2 aliphatic heterocycles. The van der Waals surface area contributed by atoms with Crippen LogP contribution in [-0.4, -0.2) is 62.9 Å². The molecule has 0 aromatic carbocycles. The summed E-state index contributed by atoms with van der Waals surface area (Å²) in [4.78, 5) is 31.4. The lowest BCUT2D eigenvalue weighted by Gasteiger charge is -2.43. The summed E-state index contributed by atoms with van der Waals surface area (Å²) in [5.74, 6) is 0.903. The molecule has 1 N–H and O–H groups in total. The van der Waals surface area contributed by atoms with Crippen molar-refractivity contribution in [2.75, 3.05) is 24.6 Å². The van der Waals surface area contributed by atoms with Crippen LogP contribution in [0.4, 0.5) is 10.7 Å². The fraction of sp³-hybridized carbons (Fsp3) is 0.571. The van der Waals surface area contributed by atoms with Crippen LogP contribution in [0.1, 0.15) is 58.2 Å². The SMILES string of the molecule is C[C@@H]1OCC2(CCN(c3ncc(Sc4ccnc5c4CCC5)c4nccn34)CC2)[C@@H]1NC(=O)OC(C)(C)C. The van der Waals surface area contributed by atoms with E-state index in [9.17, 15) is 4.79 Å². The summed E-state index contributed by atoms with van der Waals surface area (Å²) in [6.07, 6.45) is 12.4. The van der Waals surface area contributed by atoms with E-state index in [1.165, 1.54) is 22.6 Å². The van der Waals surface area contributed by atoms with E-state index >= 15 is 0 Å². The highest BCUT2D eigenvalue weighted by Crippen LogP contribution is 2.43. The Morgan fingerprint density at radius 1 is 1.16 bits per heavy atom. The van der Waals surface area contributed by atoms with Gasteiger partial charge in [-0.3, -0.25) is 9.38 Å². The van der Waals surface area contributed by atoms with Gasteiger partial charge >= 0.3 is 6.09 Å². The average molecular weight is 537 g/mol. The van der Waals surface area contributed by atoms with Crippen molar-refractivity contribution >= 4 is 29.5 Å². The highest BCUT2D eigenvalue weighted by molar-refractivity contribution is 7.99. The zero-order chi connectivity index (χ0) is 26.5. The molecule has 1 aliphatic carbocycles. The number of imidazole rings is 1. The third-order valence-electron chi connectivity index (χ3n) is 8.01. The summed E-state index contributed by atoms with van der Waals surface area (Å²) < 4.78 is 13.7. The summed E-state index contributed by atoms with van der Waals surface area (Å²) in [5, 5.41) is 3.13. The zero-order valence-electron chi connectivity index (χ0n) is 22.6. The quantitative estimate of drug-likeness (QED) is 0.515. The Hall–Kier alpha value is -2.85. The fourth-order valence-electron chi connectivity index (χ4n) is 6.13. The fourth-order valence-corrected chi connectivity index (χ4v) is 7.19. The number of carbonyl (C=O) groups is 1. The van der Waals surface area contributed by atoms with E-state index in [0.29, 0.717) is 6.61 Å². The van der Waals surface area contributed by atoms with Gasteiger partial charge in [0.15, 0.2) is 5.65 Å². The second-order valence-corrected chi connectivity index (χ2v) is 12.8. The van der Waals surface area contributed by atoms with E-state index in [2.05, 4.69) is 25.7 Å². The van der Waals surface area contributed by atoms with Crippen molar-refractivity contribution in [2.24, 2.45) is 5.41 Å². The molecule has 3 aromatic rings. The minimum Gasteiger partial charge on any atom is -0.444 e. The van der Waals surface area contributed by atoms with Gasteiger partial charge in [-0.25, -0.2) is 14.8 Å². The van der Waals surface area contributed by atoms with Crippen molar-refractivity contribution in [1.29, 1.82) is 0 Å². The normalized spacial score (nSPS) is 22.7. The van der Waals surface area contributed by atoms with Crippen molar-refractivity contribution in [1.82, 2.24) is 24.7 Å². The molecule has 2 fully saturated rings. The average Bonchev–Trinajstić information content (AvgIpc) is 3.61. The minimum atomic E-state index is -0.535. The van der Waals surface area contributed by atoms with Gasteiger partial charge in [0.1, 0.15) is 5.60 Å². The number of rotatable bonds is 4. The van der Waals surface area contributed by atoms with Crippen LogP contribution >= 0.6 is 11.8 Å². The maximum Gasteiger partial charge on any atom is 0.407 e. The number of alkyl carbamates (subject to hydrolysis) is 1. The van der Waals surface area contributed by atoms with E-state index in [-0.39, 0.29) is 23.7 Å². The molecule has 9 nitrogen and oxygen atoms in total. The molecule has 0 radical (unpaired) electrons. The van der Waals surface area contributed by atoms with Gasteiger partial charge in [0.2, 0.25) is 5.95 Å². The molecular formula is C28H36N6O3S. The maximum atomic E-state index is 12.6. The summed E-state index contributed by atoms with van der Waals surface area (Å²) in [6, 6.07) is 2.03. The van der Waals surface area contributed by atoms with Crippen molar-refractivity contribution < 1.29 is 14.3 Å². The Balaban J connectivity index is 1.19. The van der Waals surface area contributed by atoms with Crippen molar-refractivity contribution in [2.45, 2.75) is 87.3 Å². The van der Waals surface area contributed by atoms with E-state index in [4.69, 9.17) is 19.4 Å². The molecule has 202 valence electrons. The minimum absolute atomic E-state index is 0.0570. The van der Waals surface area contributed by atoms with Crippen LogP contribution in [0, 0.1) is 5.41 Å². The number of nitrogens with zero attached hydrogens (tertiary/aromatic N) is 5. The summed E-state index contributed by atoms with van der Waals surface area (Å²) >= 11 is 1.73. The molecular weight excluding hydrogens is 500 g/mol. The van der Waals surface area contributed by atoms with Gasteiger partial charge in [0.25, 0.3) is 0 Å². The van der Waals surface area contributed by atoms with Gasteiger partial charge in [0, 0.05) is 53.9 Å². The number of carbonyl (C=O) groups excluding carboxylic acids is 1. The smallest absolute Gasteiger partial charge is 0.407 e. The molecule has 6 rings (SSSR count). The monoisotopic (exact) mass is 536 g/mol. The van der Waals surface area contributed by atoms with Crippen LogP contribution in [0.3, 0.4) is 0 Å². The lowest BCUT2D eigenvalue weighted by Crippen LogP contribution is -2.55. The topological polar surface area (TPSA) is 93.9 Å². The highest BCUT2D eigenvalue weighted by Gasteiger charge is 2.50. The largest absolute Gasteiger partial charge is 0.444 e. The van der Waals surface area contributed by atoms with Crippen LogP contribution in [0.15, 0.2) is 40.6 Å². The first-order valence-corrected chi connectivity index (χ1v) is 14.4. The van der Waals surface area contributed by atoms with Gasteiger partial charge in [-0.05, 0) is 71.4 Å². The molecule has 0 saturated carbocycles. The molecule has 2 atom stereocenters. The molecule has 38 heavy (non-hydrogen) atoms. The Bertz CT molecular complexity index is 1340. The van der Waals surface area contributed by atoms with Crippen LogP contribution < -0.4 is 10.2 Å². The molecule has 10 heteroatoms. The maximum absolute atomic E-state index is 12.6. The molecule has 0 unspecified atom stereocenters. The number of fused-ring (bicyclic) bond motifs is 2. The summed E-state index contributed by atoms with van der Waals surface area (Å²) in [5.41, 5.74) is 2.87. The molecule has 3 aromatic heterocycles. The van der Waals surface area contributed by atoms with Crippen LogP contribution in [0.5, 0.6) is 0 Å². The Kier molecular flexibility index (Phi) is 6.50. The Morgan fingerprint density at radius 3 is 2.76 bits per heavy atom. The predicted molar refractivity (Wildman–Crippen MR) is 146 cm³/mol. The number of aromatic nitrogens is 4. The predicted octanol–water partition coefficient (Wildman–Crippen LogP) is 4.66. The first-order valence-electron chi connectivity index (χ1n) is 13.6. The van der Waals surface area contributed by atoms with E-state index < -0.39 is 5.60 Å². The lowest BCUT2D eigenvalue weighted by molar-refractivity contribution is 0.0434. The number of hydrogen-bond acceptors (Lipinski definition) is 8. The van der Waals surface area contributed by atoms with Crippen LogP contribution in [0.25, 0.3) is 5.65 Å². The van der Waals surface area contributed by atoms with Gasteiger partial charge in [-0.1, -0.05) is 11.8 Å². The standard InChI is InChI=1S/C28H36N6O3S/c1-18-23(32-26(35)37-27(2,3)4)28(17-36-18)9-13-33(14-10-28)25-31-16-22(24-30-12-15-34(24)25)38-21-8-11-29-20-7-5-6-19(20)21/h8,11-12,15-16,18,23H,5-7,9-10,13-14,17H2,1-4H3,(H,32,35)/t18-,23+/m0/s1. The number of anilines is 1. The third-order valence-corrected chi connectivity index (χ3v) is 9.12. The summed E-state index contributed by atoms with van der Waals surface area (Å²) in [7, 11) is 0. The number of nitrogens with one attached hydrogen (secondary N) is 1. The third kappa shape index (κ3) is 4.73. The van der Waals surface area contributed by atoms with Crippen LogP contribution in [-0.2, 0) is 22.3 Å². The second kappa shape index (κ2) is 9.72. The zero-order valence-corrected chi connectivity index (χ0v) is 23.4.